The van der Waals surface area contributed by atoms with Crippen LogP contribution in [-0.2, 0) is 16.0 Å². The van der Waals surface area contributed by atoms with Crippen molar-refractivity contribution < 1.29 is 14.3 Å². The maximum atomic E-state index is 11.8. The predicted octanol–water partition coefficient (Wildman–Crippen LogP) is 3.21. The highest BCUT2D eigenvalue weighted by Gasteiger charge is 2.19. The van der Waals surface area contributed by atoms with Gasteiger partial charge < -0.3 is 10.1 Å². The van der Waals surface area contributed by atoms with Crippen LogP contribution in [0.25, 0.3) is 0 Å². The molecule has 0 aliphatic carbocycles. The van der Waals surface area contributed by atoms with Crippen molar-refractivity contribution in [3.63, 3.8) is 0 Å². The molecule has 1 N–H and O–H groups in total. The van der Waals surface area contributed by atoms with Crippen LogP contribution in [0.4, 0.5) is 5.00 Å². The number of thiophene rings is 1. The number of carbonyl (C=O) groups is 2. The standard InChI is InChI=1S/C12H16BrNO3S/c1-4-8-6-9(12(16)17-5-2)11(18-8)14-10(15)7(3)13/h6-7H,4-5H2,1-3H3,(H,14,15). The van der Waals surface area contributed by atoms with Crippen LogP contribution < -0.4 is 5.32 Å². The van der Waals surface area contributed by atoms with Crippen LogP contribution >= 0.6 is 27.3 Å². The quantitative estimate of drug-likeness (QED) is 0.664. The first kappa shape index (κ1) is 15.2. The number of alkyl halides is 1. The molecule has 18 heavy (non-hydrogen) atoms. The smallest absolute Gasteiger partial charge is 0.341 e. The van der Waals surface area contributed by atoms with Crippen LogP contribution in [0.1, 0.15) is 36.0 Å². The van der Waals surface area contributed by atoms with E-state index < -0.39 is 5.97 Å². The minimum absolute atomic E-state index is 0.176. The molecule has 0 bridgehead atoms. The molecule has 0 spiro atoms. The summed E-state index contributed by atoms with van der Waals surface area (Å²) in [5, 5.41) is 3.29. The lowest BCUT2D eigenvalue weighted by Gasteiger charge is -2.06. The fourth-order valence-corrected chi connectivity index (χ4v) is 2.38. The number of carbonyl (C=O) groups excluding carboxylic acids is 2. The molecule has 4 nitrogen and oxygen atoms in total. The van der Waals surface area contributed by atoms with Crippen molar-refractivity contribution in [2.45, 2.75) is 32.0 Å². The Hall–Kier alpha value is -0.880. The van der Waals surface area contributed by atoms with E-state index in [9.17, 15) is 9.59 Å². The molecule has 1 unspecified atom stereocenters. The van der Waals surface area contributed by atoms with Crippen LogP contribution in [0.3, 0.4) is 0 Å². The molecule has 1 amide bonds. The van der Waals surface area contributed by atoms with Gasteiger partial charge in [0.15, 0.2) is 0 Å². The largest absolute Gasteiger partial charge is 0.462 e. The number of halogens is 1. The maximum Gasteiger partial charge on any atom is 0.341 e. The van der Waals surface area contributed by atoms with Gasteiger partial charge in [-0.3, -0.25) is 4.79 Å². The summed E-state index contributed by atoms with van der Waals surface area (Å²) in [4.78, 5) is 24.1. The summed E-state index contributed by atoms with van der Waals surface area (Å²) in [5.41, 5.74) is 0.431. The molecule has 1 aromatic rings. The van der Waals surface area contributed by atoms with E-state index in [0.29, 0.717) is 17.2 Å². The van der Waals surface area contributed by atoms with E-state index in [1.54, 1.807) is 19.9 Å². The Balaban J connectivity index is 2.98. The Kier molecular flexibility index (Phi) is 5.81. The zero-order valence-corrected chi connectivity index (χ0v) is 13.0. The Morgan fingerprint density at radius 1 is 1.50 bits per heavy atom. The molecule has 1 aromatic heterocycles. The van der Waals surface area contributed by atoms with E-state index in [1.165, 1.54) is 11.3 Å². The summed E-state index contributed by atoms with van der Waals surface area (Å²) in [5.74, 6) is -0.573. The number of rotatable bonds is 5. The zero-order chi connectivity index (χ0) is 13.7. The molecule has 0 fully saturated rings. The third-order valence-corrected chi connectivity index (χ3v) is 3.84. The van der Waals surface area contributed by atoms with Gasteiger partial charge in [0.05, 0.1) is 17.0 Å². The van der Waals surface area contributed by atoms with Gasteiger partial charge in [-0.1, -0.05) is 22.9 Å². The highest BCUT2D eigenvalue weighted by Crippen LogP contribution is 2.29. The van der Waals surface area contributed by atoms with E-state index in [0.717, 1.165) is 11.3 Å². The van der Waals surface area contributed by atoms with Gasteiger partial charge in [0.1, 0.15) is 5.00 Å². The molecule has 0 radical (unpaired) electrons. The zero-order valence-electron chi connectivity index (χ0n) is 10.6. The molecule has 1 heterocycles. The van der Waals surface area contributed by atoms with Gasteiger partial charge in [-0.15, -0.1) is 11.3 Å². The average molecular weight is 334 g/mol. The fraction of sp³-hybridized carbons (Fsp3) is 0.500. The number of hydrogen-bond donors (Lipinski definition) is 1. The molecule has 1 atom stereocenters. The van der Waals surface area contributed by atoms with Crippen LogP contribution in [0.5, 0.6) is 0 Å². The van der Waals surface area contributed by atoms with E-state index in [-0.39, 0.29) is 10.7 Å². The maximum absolute atomic E-state index is 11.8. The van der Waals surface area contributed by atoms with Crippen LogP contribution in [-0.4, -0.2) is 23.3 Å². The van der Waals surface area contributed by atoms with Gasteiger partial charge in [0.25, 0.3) is 0 Å². The van der Waals surface area contributed by atoms with Crippen molar-refractivity contribution in [3.8, 4) is 0 Å². The van der Waals surface area contributed by atoms with Gasteiger partial charge in [-0.2, -0.15) is 0 Å². The Morgan fingerprint density at radius 3 is 2.67 bits per heavy atom. The number of hydrogen-bond acceptors (Lipinski definition) is 4. The van der Waals surface area contributed by atoms with Crippen molar-refractivity contribution in [1.82, 2.24) is 0 Å². The number of nitrogens with one attached hydrogen (secondary N) is 1. The molecule has 100 valence electrons. The van der Waals surface area contributed by atoms with E-state index in [2.05, 4.69) is 21.2 Å². The third kappa shape index (κ3) is 3.81. The van der Waals surface area contributed by atoms with E-state index in [1.807, 2.05) is 6.92 Å². The Morgan fingerprint density at radius 2 is 2.17 bits per heavy atom. The first-order valence-electron chi connectivity index (χ1n) is 5.74. The highest BCUT2D eigenvalue weighted by molar-refractivity contribution is 9.10. The minimum Gasteiger partial charge on any atom is -0.462 e. The molecule has 0 saturated carbocycles. The molecular weight excluding hydrogens is 318 g/mol. The molecular formula is C12H16BrNO3S. The number of anilines is 1. The van der Waals surface area contributed by atoms with Crippen molar-refractivity contribution in [3.05, 3.63) is 16.5 Å². The molecule has 6 heteroatoms. The van der Waals surface area contributed by atoms with Crippen molar-refractivity contribution in [2.24, 2.45) is 0 Å². The minimum atomic E-state index is -0.397. The summed E-state index contributed by atoms with van der Waals surface area (Å²) >= 11 is 4.60. The lowest BCUT2D eigenvalue weighted by molar-refractivity contribution is -0.115. The second kappa shape index (κ2) is 6.89. The van der Waals surface area contributed by atoms with Crippen LogP contribution in [0.2, 0.25) is 0 Å². The SMILES string of the molecule is CCOC(=O)c1cc(CC)sc1NC(=O)C(C)Br. The summed E-state index contributed by atoms with van der Waals surface area (Å²) in [6.07, 6.45) is 0.816. The lowest BCUT2D eigenvalue weighted by atomic mass is 10.2. The topological polar surface area (TPSA) is 55.4 Å². The fourth-order valence-electron chi connectivity index (χ4n) is 1.28. The first-order chi connectivity index (χ1) is 8.49. The highest BCUT2D eigenvalue weighted by atomic mass is 79.9. The number of aryl methyl sites for hydroxylation is 1. The Labute approximate surface area is 119 Å². The second-order valence-corrected chi connectivity index (χ2v) is 6.15. The van der Waals surface area contributed by atoms with Crippen LogP contribution in [0, 0.1) is 0 Å². The van der Waals surface area contributed by atoms with Gasteiger partial charge in [0, 0.05) is 4.88 Å². The second-order valence-electron chi connectivity index (χ2n) is 3.63. The van der Waals surface area contributed by atoms with Gasteiger partial charge in [0.2, 0.25) is 5.91 Å². The first-order valence-corrected chi connectivity index (χ1v) is 7.47. The summed E-state index contributed by atoms with van der Waals surface area (Å²) in [6.45, 7) is 5.80. The van der Waals surface area contributed by atoms with Crippen molar-refractivity contribution in [1.29, 1.82) is 0 Å². The van der Waals surface area contributed by atoms with Gasteiger partial charge in [-0.05, 0) is 26.3 Å². The number of ether oxygens (including phenoxy) is 1. The monoisotopic (exact) mass is 333 g/mol. The molecule has 0 aliphatic heterocycles. The number of amides is 1. The van der Waals surface area contributed by atoms with Crippen molar-refractivity contribution in [2.75, 3.05) is 11.9 Å². The average Bonchev–Trinajstić information content (AvgIpc) is 2.72. The molecule has 0 saturated heterocycles. The summed E-state index contributed by atoms with van der Waals surface area (Å²) in [6, 6.07) is 1.77. The molecule has 0 aliphatic rings. The van der Waals surface area contributed by atoms with Crippen molar-refractivity contribution >= 4 is 44.1 Å². The normalized spacial score (nSPS) is 12.0. The van der Waals surface area contributed by atoms with E-state index >= 15 is 0 Å². The van der Waals surface area contributed by atoms with Crippen LogP contribution in [0.15, 0.2) is 6.07 Å². The number of esters is 1. The molecule has 1 rings (SSSR count). The summed E-state index contributed by atoms with van der Waals surface area (Å²) < 4.78 is 4.97. The van der Waals surface area contributed by atoms with E-state index in [4.69, 9.17) is 4.74 Å². The Bertz CT molecular complexity index is 443. The summed E-state index contributed by atoms with van der Waals surface area (Å²) in [7, 11) is 0. The van der Waals surface area contributed by atoms with Gasteiger partial charge in [-0.25, -0.2) is 4.79 Å². The molecule has 0 aromatic carbocycles. The predicted molar refractivity (Wildman–Crippen MR) is 76.7 cm³/mol. The van der Waals surface area contributed by atoms with Gasteiger partial charge >= 0.3 is 5.97 Å². The lowest BCUT2D eigenvalue weighted by Crippen LogP contribution is -2.20. The third-order valence-electron chi connectivity index (χ3n) is 2.22.